The predicted octanol–water partition coefficient (Wildman–Crippen LogP) is 1.47. The number of carbonyl (C=O) groups excluding carboxylic acids is 1. The van der Waals surface area contributed by atoms with Crippen molar-refractivity contribution in [2.45, 2.75) is 11.8 Å². The number of carbonyl (C=O) groups is 1. The Morgan fingerprint density at radius 1 is 1.43 bits per heavy atom. The number of alkyl halides is 1. The summed E-state index contributed by atoms with van der Waals surface area (Å²) in [6, 6.07) is 0. The summed E-state index contributed by atoms with van der Waals surface area (Å²) in [5, 5.41) is 0.0426. The largest absolute Gasteiger partial charge is 0.308 e. The van der Waals surface area contributed by atoms with Crippen molar-refractivity contribution in [2.24, 2.45) is 0 Å². The van der Waals surface area contributed by atoms with Crippen molar-refractivity contribution < 1.29 is 4.79 Å². The van der Waals surface area contributed by atoms with E-state index < -0.39 is 0 Å². The minimum Gasteiger partial charge on any atom is -0.308 e. The molecule has 0 N–H and O–H groups in total. The van der Waals surface area contributed by atoms with E-state index in [1.807, 2.05) is 0 Å². The first kappa shape index (κ1) is 9.68. The number of hydrogen-bond acceptors (Lipinski definition) is 3. The highest BCUT2D eigenvalue weighted by atomic mass is 35.5. The van der Waals surface area contributed by atoms with Gasteiger partial charge in [-0.1, -0.05) is 0 Å². The summed E-state index contributed by atoms with van der Waals surface area (Å²) in [6.45, 7) is 0.505. The number of amides is 1. The molecule has 0 aliphatic carbocycles. The molecule has 2 rings (SSSR count). The molecule has 1 amide bonds. The monoisotopic (exact) mass is 231 g/mol. The van der Waals surface area contributed by atoms with Crippen molar-refractivity contribution in [2.75, 3.05) is 11.4 Å². The zero-order valence-corrected chi connectivity index (χ0v) is 8.66. The first-order valence-electron chi connectivity index (χ1n) is 4.09. The van der Waals surface area contributed by atoms with Gasteiger partial charge in [-0.05, 0) is 11.6 Å². The number of nitrogens with zero attached hydrogens (tertiary/aromatic N) is 3. The smallest absolute Gasteiger partial charge is 0.228 e. The Hall–Kier alpha value is -0.870. The highest BCUT2D eigenvalue weighted by molar-refractivity contribution is 6.28. The fraction of sp³-hybridized carbons (Fsp3) is 0.375. The van der Waals surface area contributed by atoms with Crippen LogP contribution in [0.2, 0.25) is 5.28 Å². The van der Waals surface area contributed by atoms with Crippen LogP contribution < -0.4 is 4.90 Å². The zero-order chi connectivity index (χ0) is 10.1. The highest BCUT2D eigenvalue weighted by Gasteiger charge is 2.29. The lowest BCUT2D eigenvalue weighted by Gasteiger charge is -2.14. The molecule has 1 aromatic rings. The minimum atomic E-state index is -0.127. The van der Waals surface area contributed by atoms with E-state index in [1.54, 1.807) is 4.90 Å². The van der Waals surface area contributed by atoms with E-state index in [4.69, 9.17) is 23.2 Å². The average molecular weight is 232 g/mol. The summed E-state index contributed by atoms with van der Waals surface area (Å²) in [6.07, 6.45) is 3.40. The first-order valence-corrected chi connectivity index (χ1v) is 4.90. The summed E-state index contributed by atoms with van der Waals surface area (Å²) in [5.41, 5.74) is 0.641. The molecule has 1 aliphatic heterocycles. The third-order valence-corrected chi connectivity index (χ3v) is 2.48. The molecule has 1 saturated heterocycles. The molecule has 0 saturated carbocycles. The summed E-state index contributed by atoms with van der Waals surface area (Å²) < 4.78 is 0. The fourth-order valence-corrected chi connectivity index (χ4v) is 1.73. The SMILES string of the molecule is O=C1CC(Cl)CN1c1cnc(Cl)nc1. The molecule has 4 nitrogen and oxygen atoms in total. The van der Waals surface area contributed by atoms with Crippen LogP contribution in [0.4, 0.5) is 5.69 Å². The summed E-state index contributed by atoms with van der Waals surface area (Å²) >= 11 is 11.4. The van der Waals surface area contributed by atoms with E-state index >= 15 is 0 Å². The second kappa shape index (κ2) is 3.71. The van der Waals surface area contributed by atoms with E-state index in [9.17, 15) is 4.79 Å². The zero-order valence-electron chi connectivity index (χ0n) is 7.15. The van der Waals surface area contributed by atoms with Gasteiger partial charge in [0.05, 0.1) is 23.5 Å². The van der Waals surface area contributed by atoms with E-state index in [0.717, 1.165) is 0 Å². The maximum Gasteiger partial charge on any atom is 0.228 e. The fourth-order valence-electron chi connectivity index (χ4n) is 1.36. The second-order valence-electron chi connectivity index (χ2n) is 3.02. The molecule has 0 bridgehead atoms. The van der Waals surface area contributed by atoms with Crippen LogP contribution in [-0.2, 0) is 4.79 Å². The van der Waals surface area contributed by atoms with Gasteiger partial charge in [0.2, 0.25) is 11.2 Å². The number of aromatic nitrogens is 2. The standard InChI is InChI=1S/C8H7Cl2N3O/c9-5-1-7(14)13(4-5)6-2-11-8(10)12-3-6/h2-3,5H,1,4H2. The van der Waals surface area contributed by atoms with Gasteiger partial charge in [0, 0.05) is 13.0 Å². The highest BCUT2D eigenvalue weighted by Crippen LogP contribution is 2.23. The Morgan fingerprint density at radius 3 is 2.57 bits per heavy atom. The Kier molecular flexibility index (Phi) is 2.56. The maximum absolute atomic E-state index is 11.4. The predicted molar refractivity (Wildman–Crippen MR) is 53.7 cm³/mol. The Bertz CT molecular complexity index is 354. The number of halogens is 2. The molecule has 1 aromatic heterocycles. The minimum absolute atomic E-state index is 0.00378. The number of anilines is 1. The Labute approximate surface area is 90.9 Å². The molecule has 0 aromatic carbocycles. The molecular weight excluding hydrogens is 225 g/mol. The molecule has 6 heteroatoms. The lowest BCUT2D eigenvalue weighted by Crippen LogP contribution is -2.24. The topological polar surface area (TPSA) is 46.1 Å². The molecule has 1 atom stereocenters. The van der Waals surface area contributed by atoms with Crippen LogP contribution in [0.3, 0.4) is 0 Å². The van der Waals surface area contributed by atoms with Gasteiger partial charge in [0.15, 0.2) is 0 Å². The maximum atomic E-state index is 11.4. The Morgan fingerprint density at radius 2 is 2.07 bits per heavy atom. The van der Waals surface area contributed by atoms with Gasteiger partial charge in [-0.3, -0.25) is 4.79 Å². The number of rotatable bonds is 1. The van der Waals surface area contributed by atoms with E-state index in [2.05, 4.69) is 9.97 Å². The van der Waals surface area contributed by atoms with Crippen molar-refractivity contribution >= 4 is 34.8 Å². The van der Waals surface area contributed by atoms with Crippen LogP contribution in [0.5, 0.6) is 0 Å². The lowest BCUT2D eigenvalue weighted by atomic mass is 10.4. The molecule has 1 unspecified atom stereocenters. The van der Waals surface area contributed by atoms with Gasteiger partial charge < -0.3 is 4.90 Å². The van der Waals surface area contributed by atoms with Gasteiger partial charge in [-0.2, -0.15) is 0 Å². The van der Waals surface area contributed by atoms with E-state index in [-0.39, 0.29) is 16.6 Å². The van der Waals surface area contributed by atoms with E-state index in [1.165, 1.54) is 12.4 Å². The van der Waals surface area contributed by atoms with Crippen LogP contribution in [0.1, 0.15) is 6.42 Å². The third-order valence-electron chi connectivity index (χ3n) is 2.00. The Balaban J connectivity index is 2.23. The molecular formula is C8H7Cl2N3O. The number of hydrogen-bond donors (Lipinski definition) is 0. The molecule has 0 radical (unpaired) electrons. The summed E-state index contributed by atoms with van der Waals surface area (Å²) in [5.74, 6) is -0.00378. The molecule has 1 fully saturated rings. The van der Waals surface area contributed by atoms with Crippen molar-refractivity contribution in [3.8, 4) is 0 Å². The van der Waals surface area contributed by atoms with Gasteiger partial charge in [-0.25, -0.2) is 9.97 Å². The van der Waals surface area contributed by atoms with Crippen molar-refractivity contribution in [1.29, 1.82) is 0 Å². The molecule has 0 spiro atoms. The average Bonchev–Trinajstić information content (AvgIpc) is 2.47. The van der Waals surface area contributed by atoms with Crippen molar-refractivity contribution in [3.05, 3.63) is 17.7 Å². The van der Waals surface area contributed by atoms with Gasteiger partial charge >= 0.3 is 0 Å². The summed E-state index contributed by atoms with van der Waals surface area (Å²) in [4.78, 5) is 20.6. The normalized spacial score (nSPS) is 21.7. The van der Waals surface area contributed by atoms with Gasteiger partial charge in [-0.15, -0.1) is 11.6 Å². The van der Waals surface area contributed by atoms with Crippen LogP contribution in [0, 0.1) is 0 Å². The van der Waals surface area contributed by atoms with Crippen LogP contribution in [-0.4, -0.2) is 27.8 Å². The van der Waals surface area contributed by atoms with Gasteiger partial charge in [0.25, 0.3) is 0 Å². The molecule has 74 valence electrons. The van der Waals surface area contributed by atoms with Crippen LogP contribution >= 0.6 is 23.2 Å². The van der Waals surface area contributed by atoms with Gasteiger partial charge in [0.1, 0.15) is 0 Å². The molecule has 2 heterocycles. The quantitative estimate of drug-likeness (QED) is 0.544. The second-order valence-corrected chi connectivity index (χ2v) is 3.97. The van der Waals surface area contributed by atoms with Crippen molar-refractivity contribution in [1.82, 2.24) is 9.97 Å². The third kappa shape index (κ3) is 1.81. The van der Waals surface area contributed by atoms with E-state index in [0.29, 0.717) is 18.7 Å². The first-order chi connectivity index (χ1) is 6.66. The van der Waals surface area contributed by atoms with Crippen molar-refractivity contribution in [3.63, 3.8) is 0 Å². The molecule has 1 aliphatic rings. The molecule has 14 heavy (non-hydrogen) atoms. The van der Waals surface area contributed by atoms with Crippen LogP contribution in [0.15, 0.2) is 12.4 Å². The lowest BCUT2D eigenvalue weighted by molar-refractivity contribution is -0.117. The van der Waals surface area contributed by atoms with Crippen LogP contribution in [0.25, 0.3) is 0 Å². The summed E-state index contributed by atoms with van der Waals surface area (Å²) in [7, 11) is 0.